The van der Waals surface area contributed by atoms with E-state index >= 15 is 0 Å². The normalized spacial score (nSPS) is 10.2. The van der Waals surface area contributed by atoms with Gasteiger partial charge in [0, 0.05) is 7.05 Å². The molecule has 0 unspecified atom stereocenters. The summed E-state index contributed by atoms with van der Waals surface area (Å²) in [4.78, 5) is 46.8. The van der Waals surface area contributed by atoms with Gasteiger partial charge in [-0.05, 0) is 24.3 Å². The third-order valence-corrected chi connectivity index (χ3v) is 4.02. The van der Waals surface area contributed by atoms with Gasteiger partial charge in [0.2, 0.25) is 0 Å². The number of carbonyl (C=O) groups excluding carboxylic acids is 3. The molecule has 0 aliphatic rings. The summed E-state index contributed by atoms with van der Waals surface area (Å²) >= 11 is 6.00. The zero-order chi connectivity index (χ0) is 20.1. The fraction of sp³-hybridized carbons (Fsp3) is 0.0556. The van der Waals surface area contributed by atoms with Crippen molar-refractivity contribution < 1.29 is 14.4 Å². The van der Waals surface area contributed by atoms with E-state index in [9.17, 15) is 14.4 Å². The van der Waals surface area contributed by atoms with E-state index in [0.717, 1.165) is 0 Å². The zero-order valence-corrected chi connectivity index (χ0v) is 15.4. The van der Waals surface area contributed by atoms with Crippen molar-refractivity contribution in [3.63, 3.8) is 0 Å². The number of hydrogen-bond donors (Lipinski definition) is 4. The monoisotopic (exact) mass is 398 g/mol. The summed E-state index contributed by atoms with van der Waals surface area (Å²) in [5.74, 6) is -1.15. The number of anilines is 2. The van der Waals surface area contributed by atoms with E-state index < -0.39 is 17.7 Å². The minimum Gasteiger partial charge on any atom is -0.354 e. The second-order valence-electron chi connectivity index (χ2n) is 5.53. The molecule has 28 heavy (non-hydrogen) atoms. The Morgan fingerprint density at radius 1 is 0.964 bits per heavy atom. The van der Waals surface area contributed by atoms with Gasteiger partial charge in [-0.25, -0.2) is 9.97 Å². The fourth-order valence-corrected chi connectivity index (χ4v) is 2.54. The molecule has 2 heterocycles. The lowest BCUT2D eigenvalue weighted by Crippen LogP contribution is -2.23. The van der Waals surface area contributed by atoms with Crippen molar-refractivity contribution in [1.29, 1.82) is 0 Å². The summed E-state index contributed by atoms with van der Waals surface area (Å²) < 4.78 is 0. The number of benzene rings is 1. The average Bonchev–Trinajstić information content (AvgIpc) is 3.19. The first kappa shape index (κ1) is 19.1. The van der Waals surface area contributed by atoms with Crippen LogP contribution in [0.1, 0.15) is 31.3 Å². The minimum absolute atomic E-state index is 0.0171. The number of carbonyl (C=O) groups is 3. The van der Waals surface area contributed by atoms with Gasteiger partial charge in [0.25, 0.3) is 17.7 Å². The van der Waals surface area contributed by atoms with E-state index in [2.05, 4.69) is 30.9 Å². The molecule has 10 heteroatoms. The van der Waals surface area contributed by atoms with Crippen LogP contribution in [0.4, 0.5) is 11.5 Å². The van der Waals surface area contributed by atoms with Crippen LogP contribution in [0.3, 0.4) is 0 Å². The van der Waals surface area contributed by atoms with Crippen LogP contribution in [0.25, 0.3) is 0 Å². The maximum Gasteiger partial charge on any atom is 0.274 e. The Balaban J connectivity index is 1.67. The van der Waals surface area contributed by atoms with E-state index in [0.29, 0.717) is 16.3 Å². The van der Waals surface area contributed by atoms with Crippen LogP contribution in [0, 0.1) is 0 Å². The quantitative estimate of drug-likeness (QED) is 0.524. The van der Waals surface area contributed by atoms with Gasteiger partial charge in [-0.15, -0.1) is 0 Å². The molecular formula is C18H15ClN6O3. The Morgan fingerprint density at radius 2 is 1.75 bits per heavy atom. The second-order valence-corrected chi connectivity index (χ2v) is 5.93. The lowest BCUT2D eigenvalue weighted by Gasteiger charge is -2.08. The van der Waals surface area contributed by atoms with Gasteiger partial charge < -0.3 is 20.9 Å². The molecule has 1 aromatic carbocycles. The summed E-state index contributed by atoms with van der Waals surface area (Å²) in [5, 5.41) is 7.96. The van der Waals surface area contributed by atoms with Crippen molar-refractivity contribution in [2.75, 3.05) is 17.7 Å². The first-order chi connectivity index (χ1) is 13.5. The maximum absolute atomic E-state index is 12.3. The molecule has 0 atom stereocenters. The van der Waals surface area contributed by atoms with Gasteiger partial charge >= 0.3 is 0 Å². The first-order valence-electron chi connectivity index (χ1n) is 8.08. The molecule has 0 aliphatic heterocycles. The van der Waals surface area contributed by atoms with Gasteiger partial charge in [-0.2, -0.15) is 0 Å². The zero-order valence-electron chi connectivity index (χ0n) is 14.6. The van der Waals surface area contributed by atoms with E-state index in [1.165, 1.54) is 25.6 Å². The predicted molar refractivity (Wildman–Crippen MR) is 104 cm³/mol. The highest BCUT2D eigenvalue weighted by atomic mass is 35.5. The number of aromatic amines is 1. The summed E-state index contributed by atoms with van der Waals surface area (Å²) in [5.41, 5.74) is 0.703. The van der Waals surface area contributed by atoms with Crippen LogP contribution in [0.5, 0.6) is 0 Å². The Morgan fingerprint density at radius 3 is 2.43 bits per heavy atom. The summed E-state index contributed by atoms with van der Waals surface area (Å²) in [6.45, 7) is 0. The van der Waals surface area contributed by atoms with Crippen LogP contribution >= 0.6 is 11.6 Å². The third kappa shape index (κ3) is 4.15. The molecule has 3 aromatic rings. The van der Waals surface area contributed by atoms with Gasteiger partial charge in [0.1, 0.15) is 11.5 Å². The number of nitrogens with one attached hydrogen (secondary N) is 4. The van der Waals surface area contributed by atoms with Crippen molar-refractivity contribution in [1.82, 2.24) is 20.3 Å². The van der Waals surface area contributed by atoms with Crippen molar-refractivity contribution in [2.45, 2.75) is 0 Å². The molecule has 9 nitrogen and oxygen atoms in total. The topological polar surface area (TPSA) is 129 Å². The molecule has 0 aliphatic carbocycles. The van der Waals surface area contributed by atoms with Crippen molar-refractivity contribution in [3.05, 3.63) is 70.9 Å². The van der Waals surface area contributed by atoms with Crippen molar-refractivity contribution in [3.8, 4) is 0 Å². The van der Waals surface area contributed by atoms with Gasteiger partial charge in [0.15, 0.2) is 5.69 Å². The SMILES string of the molecule is CNC(=O)c1nc[nH]c1C(=O)Nc1ccc(NC(=O)c2ccccc2Cl)nc1. The molecular weight excluding hydrogens is 384 g/mol. The second kappa shape index (κ2) is 8.31. The lowest BCUT2D eigenvalue weighted by atomic mass is 10.2. The molecule has 2 aromatic heterocycles. The number of amides is 3. The van der Waals surface area contributed by atoms with E-state index in [-0.39, 0.29) is 17.2 Å². The Labute approximate surface area is 164 Å². The number of rotatable bonds is 5. The summed E-state index contributed by atoms with van der Waals surface area (Å²) in [6, 6.07) is 9.73. The molecule has 3 rings (SSSR count). The molecule has 142 valence electrons. The number of nitrogens with zero attached hydrogens (tertiary/aromatic N) is 2. The number of imidazole rings is 1. The summed E-state index contributed by atoms with van der Waals surface area (Å²) in [6.07, 6.45) is 2.63. The smallest absolute Gasteiger partial charge is 0.274 e. The number of hydrogen-bond acceptors (Lipinski definition) is 5. The molecule has 0 saturated carbocycles. The van der Waals surface area contributed by atoms with Crippen LogP contribution in [-0.2, 0) is 0 Å². The number of halogens is 1. The standard InChI is InChI=1S/C18H15ClN6O3/c1-20-17(27)14-15(23-9-22-14)18(28)24-10-6-7-13(21-8-10)25-16(26)11-4-2-3-5-12(11)19/h2-9H,1H3,(H,20,27)(H,22,23)(H,24,28)(H,21,25,26). The Kier molecular flexibility index (Phi) is 5.66. The number of pyridine rings is 1. The van der Waals surface area contributed by atoms with Gasteiger partial charge in [-0.1, -0.05) is 23.7 Å². The minimum atomic E-state index is -0.550. The lowest BCUT2D eigenvalue weighted by molar-refractivity contribution is 0.0943. The maximum atomic E-state index is 12.3. The number of H-pyrrole nitrogens is 1. The van der Waals surface area contributed by atoms with Crippen LogP contribution < -0.4 is 16.0 Å². The highest BCUT2D eigenvalue weighted by Gasteiger charge is 2.19. The Bertz CT molecular complexity index is 1030. The van der Waals surface area contributed by atoms with E-state index in [1.807, 2.05) is 0 Å². The van der Waals surface area contributed by atoms with Gasteiger partial charge in [-0.3, -0.25) is 14.4 Å². The third-order valence-electron chi connectivity index (χ3n) is 3.69. The molecule has 0 bridgehead atoms. The van der Waals surface area contributed by atoms with E-state index in [4.69, 9.17) is 11.6 Å². The van der Waals surface area contributed by atoms with Crippen molar-refractivity contribution in [2.24, 2.45) is 0 Å². The first-order valence-corrected chi connectivity index (χ1v) is 8.46. The fourth-order valence-electron chi connectivity index (χ4n) is 2.32. The van der Waals surface area contributed by atoms with Gasteiger partial charge in [0.05, 0.1) is 28.8 Å². The van der Waals surface area contributed by atoms with Crippen LogP contribution in [0.2, 0.25) is 5.02 Å². The largest absolute Gasteiger partial charge is 0.354 e. The predicted octanol–water partition coefficient (Wildman–Crippen LogP) is 2.32. The highest BCUT2D eigenvalue weighted by molar-refractivity contribution is 6.34. The van der Waals surface area contributed by atoms with E-state index in [1.54, 1.807) is 30.3 Å². The highest BCUT2D eigenvalue weighted by Crippen LogP contribution is 2.17. The molecule has 0 spiro atoms. The molecule has 0 saturated heterocycles. The summed E-state index contributed by atoms with van der Waals surface area (Å²) in [7, 11) is 1.44. The number of aromatic nitrogens is 3. The molecule has 3 amide bonds. The molecule has 0 radical (unpaired) electrons. The van der Waals surface area contributed by atoms with Crippen molar-refractivity contribution >= 4 is 40.8 Å². The van der Waals surface area contributed by atoms with Crippen LogP contribution in [0.15, 0.2) is 48.9 Å². The molecule has 0 fully saturated rings. The molecule has 4 N–H and O–H groups in total. The Hall–Kier alpha value is -3.72. The average molecular weight is 399 g/mol. The van der Waals surface area contributed by atoms with Crippen LogP contribution in [-0.4, -0.2) is 39.7 Å².